The minimum Gasteiger partial charge on any atom is -0.506 e. The summed E-state index contributed by atoms with van der Waals surface area (Å²) in [5, 5.41) is 10.6. The van der Waals surface area contributed by atoms with Crippen LogP contribution in [0.3, 0.4) is 0 Å². The summed E-state index contributed by atoms with van der Waals surface area (Å²) >= 11 is 6.71. The number of phenols is 1. The van der Waals surface area contributed by atoms with Gasteiger partial charge in [-0.1, -0.05) is 58.8 Å². The highest BCUT2D eigenvalue weighted by molar-refractivity contribution is 14.1. The van der Waals surface area contributed by atoms with E-state index in [0.29, 0.717) is 47.5 Å². The van der Waals surface area contributed by atoms with Gasteiger partial charge in [-0.2, -0.15) is 0 Å². The molecule has 0 radical (unpaired) electrons. The summed E-state index contributed by atoms with van der Waals surface area (Å²) in [4.78, 5) is 32.3. The Labute approximate surface area is 234 Å². The van der Waals surface area contributed by atoms with Gasteiger partial charge in [-0.15, -0.1) is 0 Å². The van der Waals surface area contributed by atoms with Gasteiger partial charge in [0.25, 0.3) is 5.56 Å². The van der Waals surface area contributed by atoms with Gasteiger partial charge in [0.2, 0.25) is 0 Å². The zero-order valence-corrected chi connectivity index (χ0v) is 24.4. The molecule has 1 aliphatic heterocycles. The molecule has 0 fully saturated rings. The van der Waals surface area contributed by atoms with E-state index in [1.54, 1.807) is 38.3 Å². The van der Waals surface area contributed by atoms with Crippen molar-refractivity contribution in [1.82, 2.24) is 4.57 Å². The van der Waals surface area contributed by atoms with Gasteiger partial charge in [0, 0.05) is 15.6 Å². The lowest BCUT2D eigenvalue weighted by molar-refractivity contribution is -0.139. The largest absolute Gasteiger partial charge is 0.506 e. The van der Waals surface area contributed by atoms with Crippen molar-refractivity contribution < 1.29 is 19.4 Å². The van der Waals surface area contributed by atoms with Gasteiger partial charge in [0.05, 0.1) is 33.1 Å². The van der Waals surface area contributed by atoms with Crippen molar-refractivity contribution in [2.45, 2.75) is 32.7 Å². The van der Waals surface area contributed by atoms with Crippen LogP contribution in [-0.4, -0.2) is 29.4 Å². The molecule has 1 aromatic heterocycles. The Morgan fingerprint density at radius 3 is 2.75 bits per heavy atom. The number of halogens is 2. The summed E-state index contributed by atoms with van der Waals surface area (Å²) in [6.07, 6.45) is 2.97. The second-order valence-electron chi connectivity index (χ2n) is 7.98. The van der Waals surface area contributed by atoms with E-state index in [4.69, 9.17) is 14.5 Å². The number of aromatic nitrogens is 1. The third kappa shape index (κ3) is 5.03. The zero-order valence-electron chi connectivity index (χ0n) is 19.9. The zero-order chi connectivity index (χ0) is 26.0. The summed E-state index contributed by atoms with van der Waals surface area (Å²) < 4.78 is 14.4. The van der Waals surface area contributed by atoms with Crippen molar-refractivity contribution in [2.75, 3.05) is 13.7 Å². The molecule has 2 aromatic carbocycles. The number of hydrogen-bond donors (Lipinski definition) is 1. The molecule has 2 heterocycles. The number of carbonyl (C=O) groups is 1. The van der Waals surface area contributed by atoms with Crippen molar-refractivity contribution >= 4 is 61.9 Å². The van der Waals surface area contributed by atoms with Crippen LogP contribution in [0.25, 0.3) is 6.08 Å². The third-order valence-electron chi connectivity index (χ3n) is 5.67. The van der Waals surface area contributed by atoms with Crippen LogP contribution in [0.15, 0.2) is 61.9 Å². The molecule has 7 nitrogen and oxygen atoms in total. The fourth-order valence-corrected chi connectivity index (χ4v) is 6.71. The number of benzene rings is 2. The predicted molar refractivity (Wildman–Crippen MR) is 151 cm³/mol. The monoisotopic (exact) mass is 682 g/mol. The van der Waals surface area contributed by atoms with Crippen LogP contribution in [0.2, 0.25) is 0 Å². The molecular formula is C26H24BrIN2O5S. The van der Waals surface area contributed by atoms with Gasteiger partial charge in [-0.25, -0.2) is 9.79 Å². The van der Waals surface area contributed by atoms with Crippen molar-refractivity contribution in [2.24, 2.45) is 4.99 Å². The average molecular weight is 683 g/mol. The second kappa shape index (κ2) is 11.3. The fourth-order valence-electron chi connectivity index (χ4n) is 4.14. The SMILES string of the molecule is CCCC1=C(C(=O)OCC)[C@@H](c2ccccc2OC)n2c(s/c(=C/c3cc(Br)cc(I)c3O)c2=O)=N1. The second-order valence-corrected chi connectivity index (χ2v) is 11.1. The van der Waals surface area contributed by atoms with E-state index in [-0.39, 0.29) is 17.9 Å². The van der Waals surface area contributed by atoms with Crippen molar-refractivity contribution in [3.8, 4) is 11.5 Å². The normalized spacial score (nSPS) is 15.5. The number of ether oxygens (including phenoxy) is 2. The van der Waals surface area contributed by atoms with Crippen molar-refractivity contribution in [1.29, 1.82) is 0 Å². The van der Waals surface area contributed by atoms with Crippen LogP contribution in [0.5, 0.6) is 11.5 Å². The highest BCUT2D eigenvalue weighted by Crippen LogP contribution is 2.37. The highest BCUT2D eigenvalue weighted by atomic mass is 127. The van der Waals surface area contributed by atoms with Crippen LogP contribution < -0.4 is 19.6 Å². The topological polar surface area (TPSA) is 90.1 Å². The Balaban J connectivity index is 2.05. The van der Waals surface area contributed by atoms with E-state index >= 15 is 0 Å². The Bertz CT molecular complexity index is 1540. The molecule has 4 rings (SSSR count). The lowest BCUT2D eigenvalue weighted by atomic mass is 9.93. The number of carbonyl (C=O) groups excluding carboxylic acids is 1. The first kappa shape index (κ1) is 26.6. The van der Waals surface area contributed by atoms with E-state index in [1.165, 1.54) is 15.9 Å². The number of nitrogens with zero attached hydrogens (tertiary/aromatic N) is 2. The first-order valence-corrected chi connectivity index (χ1v) is 14.0. The number of esters is 1. The Kier molecular flexibility index (Phi) is 8.36. The maximum absolute atomic E-state index is 13.8. The van der Waals surface area contributed by atoms with Crippen LogP contribution in [0, 0.1) is 3.57 Å². The minimum absolute atomic E-state index is 0.0878. The number of methoxy groups -OCH3 is 1. The molecule has 0 spiro atoms. The Morgan fingerprint density at radius 1 is 1.31 bits per heavy atom. The van der Waals surface area contributed by atoms with Gasteiger partial charge in [0.1, 0.15) is 17.5 Å². The number of thiazole rings is 1. The number of para-hydroxylation sites is 1. The predicted octanol–water partition coefficient (Wildman–Crippen LogP) is 4.66. The van der Waals surface area contributed by atoms with Gasteiger partial charge in [-0.3, -0.25) is 9.36 Å². The molecule has 0 aliphatic carbocycles. The summed E-state index contributed by atoms with van der Waals surface area (Å²) in [7, 11) is 1.56. The fraction of sp³-hybridized carbons (Fsp3) is 0.269. The van der Waals surface area contributed by atoms with E-state index in [2.05, 4.69) is 15.9 Å². The van der Waals surface area contributed by atoms with Gasteiger partial charge in [0.15, 0.2) is 4.80 Å². The van der Waals surface area contributed by atoms with Gasteiger partial charge >= 0.3 is 5.97 Å². The smallest absolute Gasteiger partial charge is 0.338 e. The van der Waals surface area contributed by atoms with E-state index in [9.17, 15) is 14.7 Å². The van der Waals surface area contributed by atoms with Crippen LogP contribution in [0.1, 0.15) is 43.9 Å². The number of rotatable bonds is 7. The molecule has 0 saturated carbocycles. The van der Waals surface area contributed by atoms with Gasteiger partial charge < -0.3 is 14.6 Å². The van der Waals surface area contributed by atoms with E-state index < -0.39 is 12.0 Å². The molecule has 1 atom stereocenters. The maximum atomic E-state index is 13.8. The highest BCUT2D eigenvalue weighted by Gasteiger charge is 2.35. The average Bonchev–Trinajstić information content (AvgIpc) is 3.16. The maximum Gasteiger partial charge on any atom is 0.338 e. The van der Waals surface area contributed by atoms with Crippen LogP contribution >= 0.6 is 49.9 Å². The molecule has 0 bridgehead atoms. The molecule has 1 N–H and O–H groups in total. The van der Waals surface area contributed by atoms with Crippen molar-refractivity contribution in [3.05, 3.63) is 86.5 Å². The number of allylic oxidation sites excluding steroid dienone is 1. The first-order valence-electron chi connectivity index (χ1n) is 11.3. The standard InChI is InChI=1S/C26H24BrIN2O5S/c1-4-8-18-21(25(33)35-5-2)22(16-9-6-7-10-19(16)34-3)30-24(32)20(36-26(30)29-18)12-14-11-15(27)13-17(28)23(14)31/h6-7,9-13,22,31H,4-5,8H2,1-3H3/b20-12+/t22-/m1/s1. The van der Waals surface area contributed by atoms with Gasteiger partial charge in [-0.05, 0) is 60.2 Å². The summed E-state index contributed by atoms with van der Waals surface area (Å²) in [5.41, 5.74) is 1.79. The molecule has 0 saturated heterocycles. The molecule has 10 heteroatoms. The first-order chi connectivity index (χ1) is 17.3. The summed E-state index contributed by atoms with van der Waals surface area (Å²) in [6.45, 7) is 3.96. The summed E-state index contributed by atoms with van der Waals surface area (Å²) in [6, 6.07) is 10.1. The van der Waals surface area contributed by atoms with Crippen LogP contribution in [-0.2, 0) is 9.53 Å². The van der Waals surface area contributed by atoms with E-state index in [0.717, 1.165) is 10.9 Å². The van der Waals surface area contributed by atoms with Crippen molar-refractivity contribution in [3.63, 3.8) is 0 Å². The molecule has 188 valence electrons. The minimum atomic E-state index is -0.767. The molecule has 36 heavy (non-hydrogen) atoms. The number of aromatic hydroxyl groups is 1. The molecule has 0 unspecified atom stereocenters. The Morgan fingerprint density at radius 2 is 2.06 bits per heavy atom. The number of fused-ring (bicyclic) bond motifs is 1. The molecule has 3 aromatic rings. The third-order valence-corrected chi connectivity index (χ3v) is 7.93. The summed E-state index contributed by atoms with van der Waals surface area (Å²) in [5.74, 6) is 0.134. The lowest BCUT2D eigenvalue weighted by Gasteiger charge is -2.26. The van der Waals surface area contributed by atoms with Crippen LogP contribution in [0.4, 0.5) is 0 Å². The van der Waals surface area contributed by atoms with E-state index in [1.807, 2.05) is 47.7 Å². The number of phenolic OH excluding ortho intramolecular Hbond substituents is 1. The Hall–Kier alpha value is -2.44. The number of hydrogen-bond acceptors (Lipinski definition) is 7. The molecule has 1 aliphatic rings. The quantitative estimate of drug-likeness (QED) is 0.289. The molecule has 0 amide bonds. The molecular weight excluding hydrogens is 659 g/mol. The lowest BCUT2D eigenvalue weighted by Crippen LogP contribution is -2.40.